The summed E-state index contributed by atoms with van der Waals surface area (Å²) in [4.78, 5) is 0. The Morgan fingerprint density at radius 1 is 1.11 bits per heavy atom. The van der Waals surface area contributed by atoms with Crippen molar-refractivity contribution >= 4 is 0 Å². The zero-order chi connectivity index (χ0) is 13.3. The minimum absolute atomic E-state index is 0.107. The van der Waals surface area contributed by atoms with Crippen molar-refractivity contribution in [1.29, 1.82) is 0 Å². The van der Waals surface area contributed by atoms with Crippen LogP contribution in [0.1, 0.15) is 46.5 Å². The molecule has 6 unspecified atom stereocenters. The molecular weight excluding hydrogens is 226 g/mol. The molecule has 2 rings (SSSR count). The van der Waals surface area contributed by atoms with Gasteiger partial charge in [-0.1, -0.05) is 27.2 Å². The van der Waals surface area contributed by atoms with Gasteiger partial charge in [-0.25, -0.2) is 0 Å². The molecular formula is C15H29NO2. The van der Waals surface area contributed by atoms with Crippen LogP contribution in [-0.2, 0) is 9.47 Å². The highest BCUT2D eigenvalue weighted by atomic mass is 16.5. The third kappa shape index (κ3) is 2.89. The van der Waals surface area contributed by atoms with E-state index in [-0.39, 0.29) is 18.2 Å². The molecule has 0 aromatic heterocycles. The van der Waals surface area contributed by atoms with Crippen LogP contribution in [0.15, 0.2) is 0 Å². The fourth-order valence-electron chi connectivity index (χ4n) is 3.57. The molecule has 2 aliphatic carbocycles. The van der Waals surface area contributed by atoms with Gasteiger partial charge in [0.2, 0.25) is 0 Å². The lowest BCUT2D eigenvalue weighted by Crippen LogP contribution is -2.59. The van der Waals surface area contributed by atoms with Crippen LogP contribution in [0.25, 0.3) is 0 Å². The smallest absolute Gasteiger partial charge is 0.0984 e. The molecule has 0 heterocycles. The predicted molar refractivity (Wildman–Crippen MR) is 73.4 cm³/mol. The second-order valence-corrected chi connectivity index (χ2v) is 6.64. The van der Waals surface area contributed by atoms with Crippen LogP contribution in [-0.4, -0.2) is 31.5 Å². The van der Waals surface area contributed by atoms with E-state index in [0.29, 0.717) is 17.9 Å². The van der Waals surface area contributed by atoms with Crippen LogP contribution >= 0.6 is 0 Å². The van der Waals surface area contributed by atoms with Crippen LogP contribution < -0.4 is 5.73 Å². The Kier molecular flexibility index (Phi) is 4.68. The first kappa shape index (κ1) is 14.3. The Morgan fingerprint density at radius 3 is 2.39 bits per heavy atom. The van der Waals surface area contributed by atoms with Gasteiger partial charge in [-0.3, -0.25) is 0 Å². The van der Waals surface area contributed by atoms with Gasteiger partial charge in [-0.2, -0.15) is 0 Å². The van der Waals surface area contributed by atoms with Gasteiger partial charge >= 0.3 is 0 Å². The molecule has 0 spiro atoms. The van der Waals surface area contributed by atoms with Gasteiger partial charge in [0.25, 0.3) is 0 Å². The molecule has 18 heavy (non-hydrogen) atoms. The molecule has 0 aliphatic heterocycles. The molecule has 0 amide bonds. The topological polar surface area (TPSA) is 44.5 Å². The van der Waals surface area contributed by atoms with E-state index in [0.717, 1.165) is 12.3 Å². The van der Waals surface area contributed by atoms with E-state index in [1.54, 1.807) is 7.11 Å². The molecule has 3 heteroatoms. The first-order valence-electron chi connectivity index (χ1n) is 7.46. The highest BCUT2D eigenvalue weighted by molar-refractivity contribution is 4.96. The predicted octanol–water partition coefficient (Wildman–Crippen LogP) is 2.58. The Bertz CT molecular complexity index is 269. The van der Waals surface area contributed by atoms with Gasteiger partial charge in [0.15, 0.2) is 0 Å². The molecule has 6 atom stereocenters. The van der Waals surface area contributed by atoms with Crippen molar-refractivity contribution in [2.75, 3.05) is 7.11 Å². The molecule has 0 aromatic carbocycles. The minimum Gasteiger partial charge on any atom is -0.377 e. The molecule has 0 bridgehead atoms. The van der Waals surface area contributed by atoms with E-state index < -0.39 is 0 Å². The van der Waals surface area contributed by atoms with E-state index in [9.17, 15) is 0 Å². The highest BCUT2D eigenvalue weighted by Crippen LogP contribution is 2.38. The molecule has 0 radical (unpaired) electrons. The maximum Gasteiger partial charge on any atom is 0.0984 e. The summed E-state index contributed by atoms with van der Waals surface area (Å²) < 4.78 is 11.8. The minimum atomic E-state index is 0.107. The number of rotatable bonds is 4. The summed E-state index contributed by atoms with van der Waals surface area (Å²) in [5.74, 6) is 2.20. The van der Waals surface area contributed by atoms with Gasteiger partial charge in [-0.05, 0) is 37.0 Å². The third-order valence-corrected chi connectivity index (χ3v) is 4.88. The summed E-state index contributed by atoms with van der Waals surface area (Å²) in [7, 11) is 1.74. The number of nitrogens with two attached hydrogens (primary N) is 1. The average molecular weight is 255 g/mol. The lowest BCUT2D eigenvalue weighted by Gasteiger charge is -2.46. The first-order valence-corrected chi connectivity index (χ1v) is 7.46. The van der Waals surface area contributed by atoms with E-state index in [4.69, 9.17) is 15.2 Å². The summed E-state index contributed by atoms with van der Waals surface area (Å²) in [6.07, 6.45) is 5.54. The molecule has 0 aromatic rings. The summed E-state index contributed by atoms with van der Waals surface area (Å²) in [6, 6.07) is 0.165. The van der Waals surface area contributed by atoms with Gasteiger partial charge in [-0.15, -0.1) is 0 Å². The molecule has 2 aliphatic rings. The number of ether oxygens (including phenoxy) is 2. The fraction of sp³-hybridized carbons (Fsp3) is 1.00. The summed E-state index contributed by atoms with van der Waals surface area (Å²) in [5.41, 5.74) is 5.95. The summed E-state index contributed by atoms with van der Waals surface area (Å²) in [5, 5.41) is 0. The van der Waals surface area contributed by atoms with Gasteiger partial charge < -0.3 is 15.2 Å². The molecule has 2 fully saturated rings. The maximum absolute atomic E-state index is 6.34. The van der Waals surface area contributed by atoms with Crippen molar-refractivity contribution in [1.82, 2.24) is 0 Å². The van der Waals surface area contributed by atoms with Crippen molar-refractivity contribution in [3.8, 4) is 0 Å². The molecule has 106 valence electrons. The van der Waals surface area contributed by atoms with E-state index in [1.165, 1.54) is 19.3 Å². The van der Waals surface area contributed by atoms with Crippen LogP contribution in [0.4, 0.5) is 0 Å². The summed E-state index contributed by atoms with van der Waals surface area (Å²) in [6.45, 7) is 6.97. The standard InChI is InChI=1S/C15H29NO2/c1-9(2)11-6-5-10(3)7-13(11)18-14-8-12(16)15(14)17-4/h9-15H,5-8,16H2,1-4H3. The monoisotopic (exact) mass is 255 g/mol. The van der Waals surface area contributed by atoms with E-state index in [1.807, 2.05) is 0 Å². The third-order valence-electron chi connectivity index (χ3n) is 4.88. The van der Waals surface area contributed by atoms with Crippen molar-refractivity contribution in [2.24, 2.45) is 23.5 Å². The summed E-state index contributed by atoms with van der Waals surface area (Å²) >= 11 is 0. The van der Waals surface area contributed by atoms with E-state index in [2.05, 4.69) is 20.8 Å². The number of methoxy groups -OCH3 is 1. The lowest BCUT2D eigenvalue weighted by atomic mass is 9.75. The molecule has 0 saturated heterocycles. The quantitative estimate of drug-likeness (QED) is 0.839. The van der Waals surface area contributed by atoms with Crippen molar-refractivity contribution in [3.63, 3.8) is 0 Å². The fourth-order valence-corrected chi connectivity index (χ4v) is 3.57. The Hall–Kier alpha value is -0.120. The second kappa shape index (κ2) is 5.89. The number of hydrogen-bond acceptors (Lipinski definition) is 3. The van der Waals surface area contributed by atoms with Crippen LogP contribution in [0.3, 0.4) is 0 Å². The molecule has 3 nitrogen and oxygen atoms in total. The normalized spacial score (nSPS) is 45.0. The van der Waals surface area contributed by atoms with Crippen LogP contribution in [0.2, 0.25) is 0 Å². The van der Waals surface area contributed by atoms with E-state index >= 15 is 0 Å². The zero-order valence-electron chi connectivity index (χ0n) is 12.3. The number of hydrogen-bond donors (Lipinski definition) is 1. The zero-order valence-corrected chi connectivity index (χ0v) is 12.3. The van der Waals surface area contributed by atoms with Crippen molar-refractivity contribution < 1.29 is 9.47 Å². The molecule has 2 saturated carbocycles. The van der Waals surface area contributed by atoms with Gasteiger partial charge in [0.1, 0.15) is 0 Å². The second-order valence-electron chi connectivity index (χ2n) is 6.64. The average Bonchev–Trinajstić information content (AvgIpc) is 2.28. The van der Waals surface area contributed by atoms with Crippen LogP contribution in [0, 0.1) is 17.8 Å². The van der Waals surface area contributed by atoms with Crippen LogP contribution in [0.5, 0.6) is 0 Å². The SMILES string of the molecule is COC1C(N)CC1OC1CC(C)CCC1C(C)C. The highest BCUT2D eigenvalue weighted by Gasteiger charge is 2.43. The Morgan fingerprint density at radius 2 is 1.83 bits per heavy atom. The van der Waals surface area contributed by atoms with Gasteiger partial charge in [0, 0.05) is 13.2 Å². The van der Waals surface area contributed by atoms with Gasteiger partial charge in [0.05, 0.1) is 18.3 Å². The van der Waals surface area contributed by atoms with Crippen molar-refractivity contribution in [3.05, 3.63) is 0 Å². The van der Waals surface area contributed by atoms with Crippen molar-refractivity contribution in [2.45, 2.75) is 70.8 Å². The Balaban J connectivity index is 1.92. The largest absolute Gasteiger partial charge is 0.377 e. The first-order chi connectivity index (χ1) is 8.52. The maximum atomic E-state index is 6.34. The molecule has 2 N–H and O–H groups in total. The lowest BCUT2D eigenvalue weighted by molar-refractivity contribution is -0.174. The Labute approximate surface area is 111 Å².